The van der Waals surface area contributed by atoms with Gasteiger partial charge in [0.05, 0.1) is 12.1 Å². The van der Waals surface area contributed by atoms with Crippen LogP contribution >= 0.6 is 0 Å². The molecule has 0 atom stereocenters. The van der Waals surface area contributed by atoms with Crippen LogP contribution in [0.2, 0.25) is 0 Å². The van der Waals surface area contributed by atoms with Crippen LogP contribution in [0.15, 0.2) is 36.4 Å². The van der Waals surface area contributed by atoms with E-state index >= 15 is 0 Å². The molecule has 1 N–H and O–H groups in total. The Morgan fingerprint density at radius 2 is 1.91 bits per heavy atom. The molecule has 0 amide bonds. The van der Waals surface area contributed by atoms with E-state index in [4.69, 9.17) is 0 Å². The van der Waals surface area contributed by atoms with Gasteiger partial charge in [-0.15, -0.1) is 0 Å². The molecule has 0 aliphatic carbocycles. The number of aromatic nitrogens is 2. The van der Waals surface area contributed by atoms with E-state index in [-0.39, 0.29) is 5.69 Å². The highest BCUT2D eigenvalue weighted by molar-refractivity contribution is 6.02. The van der Waals surface area contributed by atoms with Crippen LogP contribution in [0.25, 0.3) is 10.9 Å². The van der Waals surface area contributed by atoms with Crippen molar-refractivity contribution in [3.05, 3.63) is 64.3 Å². The van der Waals surface area contributed by atoms with Crippen LogP contribution in [0.5, 0.6) is 0 Å². The number of hydrogen-bond acceptors (Lipinski definition) is 2. The van der Waals surface area contributed by atoms with Crippen molar-refractivity contribution < 1.29 is 9.90 Å². The third-order valence-electron chi connectivity index (χ3n) is 4.01. The van der Waals surface area contributed by atoms with E-state index in [1.165, 1.54) is 11.1 Å². The van der Waals surface area contributed by atoms with Crippen molar-refractivity contribution in [3.63, 3.8) is 0 Å². The molecule has 0 fully saturated rings. The number of aromatic carboxylic acids is 1. The molecule has 3 rings (SSSR count). The summed E-state index contributed by atoms with van der Waals surface area (Å²) in [6.07, 6.45) is 0. The Morgan fingerprint density at radius 3 is 2.59 bits per heavy atom. The van der Waals surface area contributed by atoms with Gasteiger partial charge in [-0.05, 0) is 43.5 Å². The maximum absolute atomic E-state index is 11.5. The van der Waals surface area contributed by atoms with Gasteiger partial charge in [0.1, 0.15) is 0 Å². The Kier molecular flexibility index (Phi) is 3.45. The third kappa shape index (κ3) is 2.37. The molecule has 0 aliphatic rings. The molecule has 1 aromatic heterocycles. The number of fused-ring (bicyclic) bond motifs is 1. The molecule has 2 aromatic carbocycles. The fourth-order valence-corrected chi connectivity index (χ4v) is 2.85. The van der Waals surface area contributed by atoms with Crippen LogP contribution < -0.4 is 0 Å². The highest BCUT2D eigenvalue weighted by Gasteiger charge is 2.18. The zero-order chi connectivity index (χ0) is 15.9. The van der Waals surface area contributed by atoms with Crippen molar-refractivity contribution >= 4 is 16.9 Å². The second kappa shape index (κ2) is 5.30. The zero-order valence-electron chi connectivity index (χ0n) is 12.9. The Balaban J connectivity index is 2.15. The van der Waals surface area contributed by atoms with Crippen molar-refractivity contribution in [2.24, 2.45) is 0 Å². The van der Waals surface area contributed by atoms with Gasteiger partial charge in [-0.25, -0.2) is 4.79 Å². The summed E-state index contributed by atoms with van der Waals surface area (Å²) in [6.45, 7) is 6.61. The van der Waals surface area contributed by atoms with E-state index < -0.39 is 5.97 Å². The Morgan fingerprint density at radius 1 is 1.14 bits per heavy atom. The molecule has 0 unspecified atom stereocenters. The van der Waals surface area contributed by atoms with Gasteiger partial charge in [0.15, 0.2) is 5.69 Å². The number of aryl methyl sites for hydroxylation is 3. The number of hydrogen-bond donors (Lipinski definition) is 1. The van der Waals surface area contributed by atoms with Gasteiger partial charge in [-0.1, -0.05) is 35.9 Å². The Hall–Kier alpha value is -2.62. The average Bonchev–Trinajstić information content (AvgIpc) is 2.82. The number of carboxylic acid groups (broad SMARTS) is 1. The summed E-state index contributed by atoms with van der Waals surface area (Å²) in [4.78, 5) is 11.5. The molecule has 0 bridgehead atoms. The van der Waals surface area contributed by atoms with E-state index in [1.54, 1.807) is 4.68 Å². The summed E-state index contributed by atoms with van der Waals surface area (Å²) >= 11 is 0. The second-order valence-electron chi connectivity index (χ2n) is 5.71. The van der Waals surface area contributed by atoms with E-state index in [9.17, 15) is 9.90 Å². The second-order valence-corrected chi connectivity index (χ2v) is 5.71. The zero-order valence-corrected chi connectivity index (χ0v) is 12.9. The van der Waals surface area contributed by atoms with Gasteiger partial charge >= 0.3 is 5.97 Å². The summed E-state index contributed by atoms with van der Waals surface area (Å²) in [7, 11) is 0. The van der Waals surface area contributed by atoms with Gasteiger partial charge in [0, 0.05) is 5.39 Å². The minimum absolute atomic E-state index is 0.123. The standard InChI is InChI=1S/C18H18N2O2/c1-11-7-8-14(13(3)9-11)10-20-15-6-4-5-12(2)16(15)17(19-20)18(21)22/h4-9H,10H2,1-3H3,(H,21,22). The quantitative estimate of drug-likeness (QED) is 0.801. The first-order valence-corrected chi connectivity index (χ1v) is 7.23. The molecule has 1 heterocycles. The molecule has 0 aliphatic heterocycles. The predicted octanol–water partition coefficient (Wildman–Crippen LogP) is 3.71. The van der Waals surface area contributed by atoms with Crippen molar-refractivity contribution in [1.29, 1.82) is 0 Å². The SMILES string of the molecule is Cc1ccc(Cn2nc(C(=O)O)c3c(C)cccc32)c(C)c1. The number of carboxylic acids is 1. The monoisotopic (exact) mass is 294 g/mol. The normalized spacial score (nSPS) is 11.0. The molecule has 0 saturated carbocycles. The van der Waals surface area contributed by atoms with Gasteiger partial charge in [-0.3, -0.25) is 4.68 Å². The molecule has 0 spiro atoms. The van der Waals surface area contributed by atoms with Gasteiger partial charge in [0.2, 0.25) is 0 Å². The van der Waals surface area contributed by atoms with Crippen molar-refractivity contribution in [2.75, 3.05) is 0 Å². The van der Waals surface area contributed by atoms with Crippen LogP contribution in [0.4, 0.5) is 0 Å². The number of benzene rings is 2. The van der Waals surface area contributed by atoms with Crippen LogP contribution in [0, 0.1) is 20.8 Å². The van der Waals surface area contributed by atoms with Crippen LogP contribution in [0.3, 0.4) is 0 Å². The lowest BCUT2D eigenvalue weighted by Crippen LogP contribution is -2.05. The molecule has 0 radical (unpaired) electrons. The van der Waals surface area contributed by atoms with E-state index in [1.807, 2.05) is 25.1 Å². The first-order valence-electron chi connectivity index (χ1n) is 7.23. The minimum atomic E-state index is -0.987. The lowest BCUT2D eigenvalue weighted by atomic mass is 10.1. The number of carbonyl (C=O) groups is 1. The van der Waals surface area contributed by atoms with E-state index in [0.717, 1.165) is 22.0 Å². The molecular formula is C18H18N2O2. The van der Waals surface area contributed by atoms with Crippen molar-refractivity contribution in [1.82, 2.24) is 9.78 Å². The Labute approximate surface area is 129 Å². The Bertz CT molecular complexity index is 878. The smallest absolute Gasteiger partial charge is 0.357 e. The summed E-state index contributed by atoms with van der Waals surface area (Å²) in [5, 5.41) is 14.4. The lowest BCUT2D eigenvalue weighted by molar-refractivity contribution is 0.0691. The first-order chi connectivity index (χ1) is 10.5. The molecular weight excluding hydrogens is 276 g/mol. The van der Waals surface area contributed by atoms with Gasteiger partial charge < -0.3 is 5.11 Å². The van der Waals surface area contributed by atoms with Crippen LogP contribution in [0.1, 0.15) is 32.7 Å². The largest absolute Gasteiger partial charge is 0.476 e. The maximum Gasteiger partial charge on any atom is 0.357 e. The van der Waals surface area contributed by atoms with Gasteiger partial charge in [0.25, 0.3) is 0 Å². The highest BCUT2D eigenvalue weighted by atomic mass is 16.4. The molecule has 22 heavy (non-hydrogen) atoms. The fourth-order valence-electron chi connectivity index (χ4n) is 2.85. The fraction of sp³-hybridized carbons (Fsp3) is 0.222. The van der Waals surface area contributed by atoms with Crippen molar-refractivity contribution in [2.45, 2.75) is 27.3 Å². The topological polar surface area (TPSA) is 55.1 Å². The summed E-state index contributed by atoms with van der Waals surface area (Å²) in [5.41, 5.74) is 5.47. The number of nitrogens with zero attached hydrogens (tertiary/aromatic N) is 2. The summed E-state index contributed by atoms with van der Waals surface area (Å²) < 4.78 is 1.78. The molecule has 4 heteroatoms. The number of rotatable bonds is 3. The first kappa shape index (κ1) is 14.3. The molecule has 112 valence electrons. The molecule has 3 aromatic rings. The highest BCUT2D eigenvalue weighted by Crippen LogP contribution is 2.24. The third-order valence-corrected chi connectivity index (χ3v) is 4.01. The van der Waals surface area contributed by atoms with Crippen LogP contribution in [-0.4, -0.2) is 20.9 Å². The minimum Gasteiger partial charge on any atom is -0.476 e. The lowest BCUT2D eigenvalue weighted by Gasteiger charge is -2.08. The predicted molar refractivity (Wildman–Crippen MR) is 86.4 cm³/mol. The van der Waals surface area contributed by atoms with Crippen molar-refractivity contribution in [3.8, 4) is 0 Å². The summed E-state index contributed by atoms with van der Waals surface area (Å²) in [6, 6.07) is 12.0. The molecule has 4 nitrogen and oxygen atoms in total. The maximum atomic E-state index is 11.5. The molecule has 0 saturated heterocycles. The van der Waals surface area contributed by atoms with E-state index in [0.29, 0.717) is 6.54 Å². The van der Waals surface area contributed by atoms with Crippen LogP contribution in [-0.2, 0) is 6.54 Å². The van der Waals surface area contributed by atoms with E-state index in [2.05, 4.69) is 37.1 Å². The average molecular weight is 294 g/mol. The summed E-state index contributed by atoms with van der Waals surface area (Å²) in [5.74, 6) is -0.987. The van der Waals surface area contributed by atoms with Gasteiger partial charge in [-0.2, -0.15) is 5.10 Å².